The Hall–Kier alpha value is -2.31. The van der Waals surface area contributed by atoms with E-state index in [0.29, 0.717) is 18.2 Å². The maximum absolute atomic E-state index is 11.6. The number of nitrogens with two attached hydrogens (primary N) is 2. The number of rotatable bonds is 3. The zero-order valence-electron chi connectivity index (χ0n) is 9.75. The van der Waals surface area contributed by atoms with Gasteiger partial charge in [-0.1, -0.05) is 0 Å². The van der Waals surface area contributed by atoms with Gasteiger partial charge in [-0.2, -0.15) is 4.99 Å². The molecule has 17 heavy (non-hydrogen) atoms. The average molecular weight is 237 g/mol. The van der Waals surface area contributed by atoms with Crippen molar-refractivity contribution < 1.29 is 9.53 Å². The summed E-state index contributed by atoms with van der Waals surface area (Å²) >= 11 is 0. The van der Waals surface area contributed by atoms with Crippen molar-refractivity contribution in [1.29, 1.82) is 0 Å². The maximum Gasteiger partial charge on any atom is 0.351 e. The second-order valence-corrected chi connectivity index (χ2v) is 3.14. The molecule has 0 saturated heterocycles. The summed E-state index contributed by atoms with van der Waals surface area (Å²) in [7, 11) is 1.54. The van der Waals surface area contributed by atoms with Crippen molar-refractivity contribution in [2.75, 3.05) is 18.6 Å². The summed E-state index contributed by atoms with van der Waals surface area (Å²) in [5.74, 6) is 0.0698. The van der Waals surface area contributed by atoms with Crippen LogP contribution in [0.2, 0.25) is 0 Å². The molecule has 0 spiro atoms. The number of carbonyl (C=O) groups is 1. The molecule has 0 aromatic carbocycles. The van der Waals surface area contributed by atoms with E-state index in [9.17, 15) is 4.79 Å². The van der Waals surface area contributed by atoms with Gasteiger partial charge in [-0.3, -0.25) is 4.90 Å². The Morgan fingerprint density at radius 3 is 2.88 bits per heavy atom. The van der Waals surface area contributed by atoms with Crippen LogP contribution in [0.4, 0.5) is 10.5 Å². The van der Waals surface area contributed by atoms with E-state index < -0.39 is 6.03 Å². The van der Waals surface area contributed by atoms with Crippen LogP contribution in [0.1, 0.15) is 6.92 Å². The summed E-state index contributed by atoms with van der Waals surface area (Å²) < 4.78 is 5.30. The lowest BCUT2D eigenvalue weighted by molar-refractivity contribution is 0.255. The number of hydrogen-bond acceptors (Lipinski definition) is 3. The van der Waals surface area contributed by atoms with Crippen LogP contribution in [0.3, 0.4) is 0 Å². The number of aromatic nitrogens is 1. The summed E-state index contributed by atoms with van der Waals surface area (Å²) in [5.41, 5.74) is 10.8. The largest absolute Gasteiger partial charge is 0.476 e. The number of ether oxygens (including phenoxy) is 1. The van der Waals surface area contributed by atoms with E-state index >= 15 is 0 Å². The van der Waals surface area contributed by atoms with Crippen molar-refractivity contribution in [2.45, 2.75) is 6.92 Å². The maximum atomic E-state index is 11.6. The van der Waals surface area contributed by atoms with Gasteiger partial charge in [0.25, 0.3) is 0 Å². The first-order valence-electron chi connectivity index (χ1n) is 5.01. The number of amides is 2. The Bertz CT molecular complexity index is 428. The predicted molar refractivity (Wildman–Crippen MR) is 65.0 cm³/mol. The molecular formula is C10H15N5O2. The molecule has 0 unspecified atom stereocenters. The fourth-order valence-corrected chi connectivity index (χ4v) is 1.17. The standard InChI is InChI=1S/C10H15N5O2/c1-3-17-8-7(5-4-6-13-8)15(2)10(16)14-9(11)12/h4-6H,3H2,1-2H3,(H4,11,12,14,16). The molecule has 7 heteroatoms. The molecule has 4 N–H and O–H groups in total. The first kappa shape index (κ1) is 12.8. The number of urea groups is 1. The summed E-state index contributed by atoms with van der Waals surface area (Å²) in [6, 6.07) is 2.80. The highest BCUT2D eigenvalue weighted by Crippen LogP contribution is 2.24. The Morgan fingerprint density at radius 1 is 1.59 bits per heavy atom. The van der Waals surface area contributed by atoms with Crippen LogP contribution in [0.15, 0.2) is 23.3 Å². The van der Waals surface area contributed by atoms with Crippen molar-refractivity contribution in [2.24, 2.45) is 16.5 Å². The number of guanidine groups is 1. The Kier molecular flexibility index (Phi) is 4.27. The molecule has 1 aromatic heterocycles. The van der Waals surface area contributed by atoms with Gasteiger partial charge in [0.05, 0.1) is 6.61 Å². The molecular weight excluding hydrogens is 222 g/mol. The number of carbonyl (C=O) groups excluding carboxylic acids is 1. The second-order valence-electron chi connectivity index (χ2n) is 3.14. The summed E-state index contributed by atoms with van der Waals surface area (Å²) in [6.45, 7) is 2.28. The number of hydrogen-bond donors (Lipinski definition) is 2. The first-order valence-corrected chi connectivity index (χ1v) is 5.01. The lowest BCUT2D eigenvalue weighted by Crippen LogP contribution is -2.30. The van der Waals surface area contributed by atoms with E-state index in [1.54, 1.807) is 18.3 Å². The Balaban J connectivity index is 2.99. The summed E-state index contributed by atoms with van der Waals surface area (Å²) in [5, 5.41) is 0. The van der Waals surface area contributed by atoms with E-state index in [0.717, 1.165) is 0 Å². The zero-order chi connectivity index (χ0) is 12.8. The lowest BCUT2D eigenvalue weighted by atomic mass is 10.4. The minimum Gasteiger partial charge on any atom is -0.476 e. The van der Waals surface area contributed by atoms with Crippen molar-refractivity contribution in [3.8, 4) is 5.88 Å². The number of pyridine rings is 1. The number of anilines is 1. The van der Waals surface area contributed by atoms with E-state index in [1.165, 1.54) is 11.9 Å². The van der Waals surface area contributed by atoms with Gasteiger partial charge in [0.2, 0.25) is 5.88 Å². The number of aliphatic imine (C=N–C) groups is 1. The molecule has 92 valence electrons. The third-order valence-electron chi connectivity index (χ3n) is 1.91. The molecule has 0 fully saturated rings. The summed E-state index contributed by atoms with van der Waals surface area (Å²) in [6.07, 6.45) is 1.58. The van der Waals surface area contributed by atoms with Crippen LogP contribution < -0.4 is 21.1 Å². The van der Waals surface area contributed by atoms with Crippen molar-refractivity contribution in [1.82, 2.24) is 4.98 Å². The molecule has 0 aliphatic carbocycles. The van der Waals surface area contributed by atoms with E-state index in [2.05, 4.69) is 9.98 Å². The average Bonchev–Trinajstić information content (AvgIpc) is 2.28. The third-order valence-corrected chi connectivity index (χ3v) is 1.91. The fraction of sp³-hybridized carbons (Fsp3) is 0.300. The smallest absolute Gasteiger partial charge is 0.351 e. The molecule has 0 aliphatic rings. The summed E-state index contributed by atoms with van der Waals surface area (Å²) in [4.78, 5) is 20.3. The monoisotopic (exact) mass is 237 g/mol. The van der Waals surface area contributed by atoms with Gasteiger partial charge in [-0.25, -0.2) is 9.78 Å². The van der Waals surface area contributed by atoms with Crippen LogP contribution in [0.25, 0.3) is 0 Å². The molecule has 1 rings (SSSR count). The topological polar surface area (TPSA) is 107 Å². The van der Waals surface area contributed by atoms with Gasteiger partial charge in [-0.15, -0.1) is 0 Å². The Labute approximate surface area is 99.1 Å². The molecule has 0 aliphatic heterocycles. The first-order chi connectivity index (χ1) is 8.06. The van der Waals surface area contributed by atoms with Gasteiger partial charge in [0.1, 0.15) is 5.69 Å². The second kappa shape index (κ2) is 5.69. The molecule has 0 saturated carbocycles. The van der Waals surface area contributed by atoms with Crippen LogP contribution in [-0.4, -0.2) is 30.6 Å². The van der Waals surface area contributed by atoms with Gasteiger partial charge < -0.3 is 16.2 Å². The van der Waals surface area contributed by atoms with Gasteiger partial charge in [-0.05, 0) is 19.1 Å². The molecule has 0 atom stereocenters. The van der Waals surface area contributed by atoms with Gasteiger partial charge in [0.15, 0.2) is 5.96 Å². The SMILES string of the molecule is CCOc1ncccc1N(C)C(=O)N=C(N)N. The van der Waals surface area contributed by atoms with Gasteiger partial charge in [0, 0.05) is 13.2 Å². The lowest BCUT2D eigenvalue weighted by Gasteiger charge is -2.17. The minimum absolute atomic E-state index is 0.288. The van der Waals surface area contributed by atoms with Crippen LogP contribution in [-0.2, 0) is 0 Å². The van der Waals surface area contributed by atoms with Gasteiger partial charge >= 0.3 is 6.03 Å². The highest BCUT2D eigenvalue weighted by Gasteiger charge is 2.15. The Morgan fingerprint density at radius 2 is 2.29 bits per heavy atom. The van der Waals surface area contributed by atoms with Crippen molar-refractivity contribution in [3.05, 3.63) is 18.3 Å². The minimum atomic E-state index is -0.584. The van der Waals surface area contributed by atoms with E-state index in [-0.39, 0.29) is 5.96 Å². The molecule has 0 bridgehead atoms. The van der Waals surface area contributed by atoms with E-state index in [1.807, 2.05) is 6.92 Å². The van der Waals surface area contributed by atoms with Crippen LogP contribution in [0, 0.1) is 0 Å². The molecule has 1 heterocycles. The number of nitrogens with zero attached hydrogens (tertiary/aromatic N) is 3. The van der Waals surface area contributed by atoms with E-state index in [4.69, 9.17) is 16.2 Å². The van der Waals surface area contributed by atoms with Crippen molar-refractivity contribution in [3.63, 3.8) is 0 Å². The third kappa shape index (κ3) is 3.33. The highest BCUT2D eigenvalue weighted by atomic mass is 16.5. The molecule has 2 amide bonds. The van der Waals surface area contributed by atoms with Crippen LogP contribution >= 0.6 is 0 Å². The molecule has 0 radical (unpaired) electrons. The van der Waals surface area contributed by atoms with Crippen LogP contribution in [0.5, 0.6) is 5.88 Å². The zero-order valence-corrected chi connectivity index (χ0v) is 9.75. The van der Waals surface area contributed by atoms with Crippen molar-refractivity contribution >= 4 is 17.7 Å². The predicted octanol–water partition coefficient (Wildman–Crippen LogP) is 0.310. The quantitative estimate of drug-likeness (QED) is 0.581. The normalized spacial score (nSPS) is 9.53. The molecule has 1 aromatic rings. The highest BCUT2D eigenvalue weighted by molar-refractivity contribution is 6.00. The fourth-order valence-electron chi connectivity index (χ4n) is 1.17. The molecule has 7 nitrogen and oxygen atoms in total.